The van der Waals surface area contributed by atoms with Crippen LogP contribution in [-0.4, -0.2) is 76.9 Å². The van der Waals surface area contributed by atoms with Crippen molar-refractivity contribution in [3.8, 4) is 11.5 Å². The first-order chi connectivity index (χ1) is 20.1. The molecule has 1 fully saturated rings. The number of nitrogens with two attached hydrogens (primary N) is 2. The molecule has 0 aliphatic carbocycles. The van der Waals surface area contributed by atoms with E-state index in [2.05, 4.69) is 10.2 Å². The first-order valence-electron chi connectivity index (χ1n) is 14.7. The van der Waals surface area contributed by atoms with Crippen molar-refractivity contribution in [2.24, 2.45) is 11.5 Å². The van der Waals surface area contributed by atoms with Gasteiger partial charge in [-0.05, 0) is 55.0 Å². The lowest BCUT2D eigenvalue weighted by Crippen LogP contribution is -2.48. The van der Waals surface area contributed by atoms with Gasteiger partial charge in [-0.3, -0.25) is 19.3 Å². The molecule has 0 bridgehead atoms. The smallest absolute Gasteiger partial charge is 0.267 e. The molecule has 2 aromatic carbocycles. The molecule has 2 aromatic rings. The van der Waals surface area contributed by atoms with Crippen molar-refractivity contribution in [2.75, 3.05) is 39.3 Å². The maximum Gasteiger partial charge on any atom is 0.267 e. The van der Waals surface area contributed by atoms with Crippen molar-refractivity contribution >= 4 is 23.2 Å². The predicted octanol–water partition coefficient (Wildman–Crippen LogP) is 3.07. The fraction of sp³-hybridized carbons (Fsp3) is 0.469. The summed E-state index contributed by atoms with van der Waals surface area (Å²) >= 11 is 0. The number of nitrogens with zero attached hydrogens (tertiary/aromatic N) is 2. The third-order valence-electron chi connectivity index (χ3n) is 7.56. The second kappa shape index (κ2) is 15.4. The van der Waals surface area contributed by atoms with Crippen LogP contribution in [0.1, 0.15) is 79.4 Å². The number of piperazine rings is 1. The molecule has 0 spiro atoms. The van der Waals surface area contributed by atoms with Gasteiger partial charge in [-0.1, -0.05) is 44.5 Å². The number of Topliss-reactive ketones (excluding diaryl/α,β-unsaturated/α-hetero) is 1. The number of allylic oxidation sites excluding steroid dienone is 1. The molecule has 0 saturated carbocycles. The van der Waals surface area contributed by atoms with Crippen molar-refractivity contribution in [1.29, 1.82) is 0 Å². The Kier molecular flexibility index (Phi) is 11.9. The molecule has 0 radical (unpaired) electrons. The van der Waals surface area contributed by atoms with Gasteiger partial charge in [0.05, 0.1) is 11.1 Å². The summed E-state index contributed by atoms with van der Waals surface area (Å²) in [6, 6.07) is 9.85. The number of unbranched alkanes of at least 4 members (excludes halogenated alkanes) is 2. The van der Waals surface area contributed by atoms with E-state index in [1.807, 2.05) is 30.9 Å². The minimum Gasteiger partial charge on any atom is -0.508 e. The van der Waals surface area contributed by atoms with Crippen molar-refractivity contribution < 1.29 is 24.6 Å². The van der Waals surface area contributed by atoms with Crippen LogP contribution in [0.25, 0.3) is 5.57 Å². The van der Waals surface area contributed by atoms with Gasteiger partial charge in [0.2, 0.25) is 5.91 Å². The van der Waals surface area contributed by atoms with E-state index < -0.39 is 17.4 Å². The number of ketones is 1. The molecule has 1 heterocycles. The summed E-state index contributed by atoms with van der Waals surface area (Å²) in [4.78, 5) is 43.2. The van der Waals surface area contributed by atoms with Gasteiger partial charge in [0.1, 0.15) is 17.2 Å². The Balaban J connectivity index is 1.77. The van der Waals surface area contributed by atoms with E-state index in [1.165, 1.54) is 6.07 Å². The highest BCUT2D eigenvalue weighted by Gasteiger charge is 2.26. The number of carbonyl (C=O) groups excluding carboxylic acids is 3. The second-order valence-corrected chi connectivity index (χ2v) is 11.0. The standard InChI is InChI=1S/C32H45N5O5/c1-4-35-32(42)30(34)29(31(41)25-18-24(21(2)3)26(38)19-27(25)39)23-11-9-22(10-12-23)20-36-14-16-37(17-15-36)28(40)8-6-5-7-13-33/h9-12,18-19,21,38-39H,4-8,13-17,20,33-34H2,1-3H3,(H,35,42). The lowest BCUT2D eigenvalue weighted by Gasteiger charge is -2.35. The van der Waals surface area contributed by atoms with Crippen LogP contribution in [0.15, 0.2) is 42.1 Å². The first kappa shape index (κ1) is 32.6. The Hall–Kier alpha value is -3.89. The molecule has 1 aliphatic rings. The van der Waals surface area contributed by atoms with Crippen LogP contribution in [0.2, 0.25) is 0 Å². The number of nitrogens with one attached hydrogen (secondary N) is 1. The molecule has 0 unspecified atom stereocenters. The summed E-state index contributed by atoms with van der Waals surface area (Å²) < 4.78 is 0. The fourth-order valence-corrected chi connectivity index (χ4v) is 5.10. The number of likely N-dealkylation sites (N-methyl/N-ethyl adjacent to an activating group) is 1. The molecule has 1 aliphatic heterocycles. The minimum absolute atomic E-state index is 0.0261. The lowest BCUT2D eigenvalue weighted by atomic mass is 9.90. The van der Waals surface area contributed by atoms with E-state index in [9.17, 15) is 24.6 Å². The van der Waals surface area contributed by atoms with Crippen LogP contribution in [0, 0.1) is 0 Å². The highest BCUT2D eigenvalue weighted by molar-refractivity contribution is 6.33. The predicted molar refractivity (Wildman–Crippen MR) is 164 cm³/mol. The largest absolute Gasteiger partial charge is 0.508 e. The SMILES string of the molecule is CCNC(=O)C(N)=C(C(=O)c1cc(C(C)C)c(O)cc1O)c1ccc(CN2CCN(C(=O)CCCCCN)CC2)cc1. The molecule has 10 heteroatoms. The van der Waals surface area contributed by atoms with Crippen molar-refractivity contribution in [2.45, 2.75) is 58.9 Å². The summed E-state index contributed by atoms with van der Waals surface area (Å²) in [5.74, 6) is -1.61. The number of benzene rings is 2. The molecule has 0 aromatic heterocycles. The Morgan fingerprint density at radius 3 is 2.21 bits per heavy atom. The molecular formula is C32H45N5O5. The van der Waals surface area contributed by atoms with Gasteiger partial charge in [0.15, 0.2) is 5.78 Å². The highest BCUT2D eigenvalue weighted by Crippen LogP contribution is 2.35. The van der Waals surface area contributed by atoms with Crippen LogP contribution < -0.4 is 16.8 Å². The molecule has 3 rings (SSSR count). The third-order valence-corrected chi connectivity index (χ3v) is 7.56. The lowest BCUT2D eigenvalue weighted by molar-refractivity contribution is -0.133. The van der Waals surface area contributed by atoms with E-state index in [0.717, 1.165) is 44.0 Å². The van der Waals surface area contributed by atoms with E-state index in [-0.39, 0.29) is 34.4 Å². The van der Waals surface area contributed by atoms with E-state index in [0.29, 0.717) is 50.3 Å². The van der Waals surface area contributed by atoms with Gasteiger partial charge in [0, 0.05) is 51.8 Å². The number of phenolic OH excluding ortho intramolecular Hbond substituents is 2. The van der Waals surface area contributed by atoms with Crippen LogP contribution in [0.5, 0.6) is 11.5 Å². The number of hydrogen-bond donors (Lipinski definition) is 5. The summed E-state index contributed by atoms with van der Waals surface area (Å²) in [7, 11) is 0. The van der Waals surface area contributed by atoms with Gasteiger partial charge in [0.25, 0.3) is 5.91 Å². The number of hydrogen-bond acceptors (Lipinski definition) is 8. The summed E-state index contributed by atoms with van der Waals surface area (Å²) in [6.45, 7) is 10.0. The minimum atomic E-state index is -0.616. The molecule has 2 amide bonds. The maximum atomic E-state index is 13.8. The molecule has 228 valence electrons. The van der Waals surface area contributed by atoms with Crippen molar-refractivity contribution in [3.63, 3.8) is 0 Å². The average molecular weight is 580 g/mol. The number of carbonyl (C=O) groups is 3. The number of aromatic hydroxyl groups is 2. The Labute approximate surface area is 248 Å². The molecule has 7 N–H and O–H groups in total. The molecule has 0 atom stereocenters. The van der Waals surface area contributed by atoms with Gasteiger partial charge in [-0.2, -0.15) is 0 Å². The zero-order valence-electron chi connectivity index (χ0n) is 25.0. The molecule has 42 heavy (non-hydrogen) atoms. The molecule has 10 nitrogen and oxygen atoms in total. The van der Waals surface area contributed by atoms with Crippen LogP contribution in [-0.2, 0) is 16.1 Å². The van der Waals surface area contributed by atoms with E-state index in [4.69, 9.17) is 11.5 Å². The molecular weight excluding hydrogens is 534 g/mol. The number of amides is 2. The first-order valence-corrected chi connectivity index (χ1v) is 14.7. The quantitative estimate of drug-likeness (QED) is 0.137. The van der Waals surface area contributed by atoms with Crippen LogP contribution in [0.3, 0.4) is 0 Å². The second-order valence-electron chi connectivity index (χ2n) is 11.0. The topological polar surface area (TPSA) is 162 Å². The number of phenols is 2. The number of rotatable bonds is 13. The monoisotopic (exact) mass is 579 g/mol. The summed E-state index contributed by atoms with van der Waals surface area (Å²) in [5, 5.41) is 23.4. The van der Waals surface area contributed by atoms with Crippen LogP contribution >= 0.6 is 0 Å². The Morgan fingerprint density at radius 1 is 0.952 bits per heavy atom. The van der Waals surface area contributed by atoms with Gasteiger partial charge < -0.3 is 31.9 Å². The zero-order valence-corrected chi connectivity index (χ0v) is 25.0. The van der Waals surface area contributed by atoms with Crippen molar-refractivity contribution in [3.05, 3.63) is 64.3 Å². The van der Waals surface area contributed by atoms with Crippen molar-refractivity contribution in [1.82, 2.24) is 15.1 Å². The van der Waals surface area contributed by atoms with Gasteiger partial charge in [-0.25, -0.2) is 0 Å². The maximum absolute atomic E-state index is 13.8. The zero-order chi connectivity index (χ0) is 30.8. The summed E-state index contributed by atoms with van der Waals surface area (Å²) in [6.07, 6.45) is 3.36. The molecule has 1 saturated heterocycles. The third kappa shape index (κ3) is 8.33. The fourth-order valence-electron chi connectivity index (χ4n) is 5.10. The Morgan fingerprint density at radius 2 is 1.62 bits per heavy atom. The van der Waals surface area contributed by atoms with Crippen LogP contribution in [0.4, 0.5) is 0 Å². The van der Waals surface area contributed by atoms with E-state index >= 15 is 0 Å². The highest BCUT2D eigenvalue weighted by atomic mass is 16.3. The average Bonchev–Trinajstić information content (AvgIpc) is 2.96. The van der Waals surface area contributed by atoms with Gasteiger partial charge >= 0.3 is 0 Å². The normalized spacial score (nSPS) is 14.5. The summed E-state index contributed by atoms with van der Waals surface area (Å²) in [5.41, 5.74) is 13.4. The Bertz CT molecular complexity index is 1280. The van der Waals surface area contributed by atoms with E-state index in [1.54, 1.807) is 19.1 Å². The van der Waals surface area contributed by atoms with Gasteiger partial charge in [-0.15, -0.1) is 0 Å².